The molecule has 0 spiro atoms. The van der Waals surface area contributed by atoms with Gasteiger partial charge in [-0.1, -0.05) is 24.3 Å². The van der Waals surface area contributed by atoms with Crippen molar-refractivity contribution >= 4 is 11.6 Å². The van der Waals surface area contributed by atoms with Gasteiger partial charge in [-0.3, -0.25) is 9.69 Å². The molecule has 35 heavy (non-hydrogen) atoms. The van der Waals surface area contributed by atoms with E-state index in [2.05, 4.69) is 9.88 Å². The van der Waals surface area contributed by atoms with Crippen molar-refractivity contribution in [2.45, 2.75) is 18.8 Å². The Morgan fingerprint density at radius 3 is 2.11 bits per heavy atom. The number of piperazine rings is 1. The molecule has 0 atom stereocenters. The van der Waals surface area contributed by atoms with E-state index in [9.17, 15) is 13.6 Å². The molecule has 1 fully saturated rings. The van der Waals surface area contributed by atoms with Gasteiger partial charge >= 0.3 is 0 Å². The summed E-state index contributed by atoms with van der Waals surface area (Å²) >= 11 is 0. The Bertz CT molecular complexity index is 1230. The highest BCUT2D eigenvalue weighted by atomic mass is 19.1. The predicted molar refractivity (Wildman–Crippen MR) is 131 cm³/mol. The topological polar surface area (TPSA) is 40.9 Å². The van der Waals surface area contributed by atoms with E-state index >= 15 is 0 Å². The van der Waals surface area contributed by atoms with Crippen molar-refractivity contribution in [1.29, 1.82) is 0 Å². The number of imidazole rings is 1. The van der Waals surface area contributed by atoms with Crippen molar-refractivity contribution in [3.05, 3.63) is 108 Å². The van der Waals surface area contributed by atoms with Crippen LogP contribution in [0.3, 0.4) is 0 Å². The first-order valence-electron chi connectivity index (χ1n) is 12.0. The van der Waals surface area contributed by atoms with E-state index in [-0.39, 0.29) is 23.5 Å². The number of rotatable bonds is 7. The minimum atomic E-state index is -0.260. The number of aromatic nitrogens is 2. The number of halogens is 2. The fourth-order valence-electron chi connectivity index (χ4n) is 4.84. The molecule has 0 aliphatic carbocycles. The Morgan fingerprint density at radius 1 is 0.857 bits per heavy atom. The number of hydrogen-bond donors (Lipinski definition) is 0. The molecule has 1 aliphatic heterocycles. The standard InChI is InChI=1S/C28H28F2N4O/c29-24-8-3-21(4-9-24)26(22-5-10-25(30)11-6-22)2-1-14-32-16-18-33(19-17-32)28(35)23-7-12-27-31-13-15-34(27)20-23/h3-13,15,20,26H,1-2,14,16-19H2. The number of pyridine rings is 1. The number of fused-ring (bicyclic) bond motifs is 1. The summed E-state index contributed by atoms with van der Waals surface area (Å²) in [5.41, 5.74) is 3.56. The summed E-state index contributed by atoms with van der Waals surface area (Å²) in [4.78, 5) is 21.5. The van der Waals surface area contributed by atoms with Crippen molar-refractivity contribution in [1.82, 2.24) is 19.2 Å². The quantitative estimate of drug-likeness (QED) is 0.379. The van der Waals surface area contributed by atoms with Gasteiger partial charge in [0.1, 0.15) is 17.3 Å². The van der Waals surface area contributed by atoms with Crippen molar-refractivity contribution in [2.75, 3.05) is 32.7 Å². The van der Waals surface area contributed by atoms with Crippen LogP contribution in [0.5, 0.6) is 0 Å². The van der Waals surface area contributed by atoms with E-state index < -0.39 is 0 Å². The van der Waals surface area contributed by atoms with Crippen LogP contribution < -0.4 is 0 Å². The predicted octanol–water partition coefficient (Wildman–Crippen LogP) is 4.98. The number of carbonyl (C=O) groups excluding carboxylic acids is 1. The summed E-state index contributed by atoms with van der Waals surface area (Å²) < 4.78 is 28.8. The van der Waals surface area contributed by atoms with Crippen molar-refractivity contribution < 1.29 is 13.6 Å². The van der Waals surface area contributed by atoms with Gasteiger partial charge in [-0.05, 0) is 66.9 Å². The molecule has 4 aromatic rings. The van der Waals surface area contributed by atoms with Gasteiger partial charge in [0.25, 0.3) is 5.91 Å². The minimum absolute atomic E-state index is 0.0490. The summed E-state index contributed by atoms with van der Waals surface area (Å²) in [5.74, 6) is -0.391. The minimum Gasteiger partial charge on any atom is -0.336 e. The molecule has 1 amide bonds. The second-order valence-electron chi connectivity index (χ2n) is 9.04. The van der Waals surface area contributed by atoms with Crippen LogP contribution in [-0.4, -0.2) is 57.8 Å². The normalized spacial score (nSPS) is 14.7. The van der Waals surface area contributed by atoms with Crippen LogP contribution in [0.15, 0.2) is 79.3 Å². The van der Waals surface area contributed by atoms with E-state index in [4.69, 9.17) is 0 Å². The van der Waals surface area contributed by atoms with Crippen LogP contribution >= 0.6 is 0 Å². The molecule has 0 unspecified atom stereocenters. The zero-order chi connectivity index (χ0) is 24.2. The monoisotopic (exact) mass is 474 g/mol. The molecule has 2 aromatic heterocycles. The highest BCUT2D eigenvalue weighted by molar-refractivity contribution is 5.94. The first-order valence-corrected chi connectivity index (χ1v) is 12.0. The molecule has 0 saturated carbocycles. The van der Waals surface area contributed by atoms with Crippen LogP contribution in [0.4, 0.5) is 8.78 Å². The number of benzene rings is 2. The van der Waals surface area contributed by atoms with E-state index in [0.717, 1.165) is 49.2 Å². The van der Waals surface area contributed by atoms with Gasteiger partial charge in [-0.25, -0.2) is 13.8 Å². The number of amides is 1. The third-order valence-electron chi connectivity index (χ3n) is 6.81. The molecule has 0 radical (unpaired) electrons. The van der Waals surface area contributed by atoms with E-state index in [0.29, 0.717) is 18.7 Å². The summed E-state index contributed by atoms with van der Waals surface area (Å²) in [6, 6.07) is 16.9. The fourth-order valence-corrected chi connectivity index (χ4v) is 4.84. The molecule has 5 nitrogen and oxygen atoms in total. The van der Waals surface area contributed by atoms with E-state index in [1.54, 1.807) is 6.20 Å². The van der Waals surface area contributed by atoms with Crippen LogP contribution in [0.1, 0.15) is 40.2 Å². The summed E-state index contributed by atoms with van der Waals surface area (Å²) in [6.45, 7) is 3.97. The smallest absolute Gasteiger partial charge is 0.255 e. The molecule has 1 aliphatic rings. The molecule has 1 saturated heterocycles. The van der Waals surface area contributed by atoms with E-state index in [1.165, 1.54) is 24.3 Å². The van der Waals surface area contributed by atoms with Crippen LogP contribution in [0, 0.1) is 11.6 Å². The maximum atomic E-state index is 13.5. The summed E-state index contributed by atoms with van der Waals surface area (Å²) in [6.07, 6.45) is 7.22. The fraction of sp³-hybridized carbons (Fsp3) is 0.286. The number of hydrogen-bond acceptors (Lipinski definition) is 3. The average Bonchev–Trinajstić information content (AvgIpc) is 3.36. The van der Waals surface area contributed by atoms with Crippen molar-refractivity contribution in [3.8, 4) is 0 Å². The highest BCUT2D eigenvalue weighted by Crippen LogP contribution is 2.30. The molecule has 5 rings (SSSR count). The molecule has 3 heterocycles. The first kappa shape index (κ1) is 23.2. The largest absolute Gasteiger partial charge is 0.336 e. The zero-order valence-corrected chi connectivity index (χ0v) is 19.5. The second-order valence-corrected chi connectivity index (χ2v) is 9.04. The van der Waals surface area contributed by atoms with Crippen LogP contribution in [0.25, 0.3) is 5.65 Å². The van der Waals surface area contributed by atoms with Crippen LogP contribution in [0.2, 0.25) is 0 Å². The van der Waals surface area contributed by atoms with Gasteiger partial charge in [-0.2, -0.15) is 0 Å². The molecule has 0 N–H and O–H groups in total. The maximum Gasteiger partial charge on any atom is 0.255 e. The Balaban J connectivity index is 1.16. The van der Waals surface area contributed by atoms with Gasteiger partial charge in [0.2, 0.25) is 0 Å². The third-order valence-corrected chi connectivity index (χ3v) is 6.81. The van der Waals surface area contributed by atoms with E-state index in [1.807, 2.05) is 58.1 Å². The highest BCUT2D eigenvalue weighted by Gasteiger charge is 2.23. The lowest BCUT2D eigenvalue weighted by atomic mass is 9.87. The molecular weight excluding hydrogens is 446 g/mol. The number of carbonyl (C=O) groups is 1. The Morgan fingerprint density at radius 2 is 1.49 bits per heavy atom. The maximum absolute atomic E-state index is 13.5. The molecule has 2 aromatic carbocycles. The first-order chi connectivity index (χ1) is 17.1. The van der Waals surface area contributed by atoms with Gasteiger partial charge in [0, 0.05) is 50.7 Å². The molecule has 7 heteroatoms. The Kier molecular flexibility index (Phi) is 6.86. The van der Waals surface area contributed by atoms with Gasteiger partial charge in [0.15, 0.2) is 0 Å². The van der Waals surface area contributed by atoms with Crippen molar-refractivity contribution in [2.24, 2.45) is 0 Å². The molecule has 0 bridgehead atoms. The van der Waals surface area contributed by atoms with Crippen molar-refractivity contribution in [3.63, 3.8) is 0 Å². The average molecular weight is 475 g/mol. The Labute approximate surface area is 203 Å². The molecule has 180 valence electrons. The molecular formula is C28H28F2N4O. The zero-order valence-electron chi connectivity index (χ0n) is 19.5. The van der Waals surface area contributed by atoms with Crippen LogP contribution in [-0.2, 0) is 0 Å². The Hall–Kier alpha value is -3.58. The SMILES string of the molecule is O=C(c1ccc2nccn2c1)N1CCN(CCCC(c2ccc(F)cc2)c2ccc(F)cc2)CC1. The van der Waals surface area contributed by atoms with Gasteiger partial charge in [-0.15, -0.1) is 0 Å². The van der Waals surface area contributed by atoms with Gasteiger partial charge < -0.3 is 9.30 Å². The summed E-state index contributed by atoms with van der Waals surface area (Å²) in [7, 11) is 0. The lowest BCUT2D eigenvalue weighted by molar-refractivity contribution is 0.0634. The lowest BCUT2D eigenvalue weighted by Crippen LogP contribution is -2.48. The van der Waals surface area contributed by atoms with Gasteiger partial charge in [0.05, 0.1) is 5.56 Å². The number of nitrogens with zero attached hydrogens (tertiary/aromatic N) is 4. The summed E-state index contributed by atoms with van der Waals surface area (Å²) in [5, 5.41) is 0. The third kappa shape index (κ3) is 5.41. The second kappa shape index (κ2) is 10.4. The lowest BCUT2D eigenvalue weighted by Gasteiger charge is -2.35.